The van der Waals surface area contributed by atoms with Crippen LogP contribution in [0.1, 0.15) is 20.4 Å². The van der Waals surface area contributed by atoms with Crippen molar-refractivity contribution in [1.29, 1.82) is 0 Å². The number of amides is 1. The van der Waals surface area contributed by atoms with Gasteiger partial charge >= 0.3 is 0 Å². The van der Waals surface area contributed by atoms with Crippen LogP contribution in [0, 0.1) is 13.8 Å². The molecule has 3 heterocycles. The average molecular weight is 319 g/mol. The number of imidazole rings is 1. The predicted octanol–water partition coefficient (Wildman–Crippen LogP) is 1.41. The molecule has 1 fully saturated rings. The molecule has 0 unspecified atom stereocenters. The summed E-state index contributed by atoms with van der Waals surface area (Å²) in [6, 6.07) is 0. The minimum atomic E-state index is 0.136. The highest BCUT2D eigenvalue weighted by atomic mass is 32.1. The number of hydrogen-bond donors (Lipinski definition) is 0. The van der Waals surface area contributed by atoms with Crippen LogP contribution < -0.4 is 0 Å². The maximum Gasteiger partial charge on any atom is 0.265 e. The van der Waals surface area contributed by atoms with Crippen LogP contribution >= 0.6 is 11.3 Å². The van der Waals surface area contributed by atoms with Gasteiger partial charge in [-0.05, 0) is 13.8 Å². The van der Waals surface area contributed by atoms with E-state index in [1.54, 1.807) is 6.20 Å². The molecule has 0 spiro atoms. The van der Waals surface area contributed by atoms with Crippen molar-refractivity contribution in [1.82, 2.24) is 24.3 Å². The van der Waals surface area contributed by atoms with Gasteiger partial charge in [0.15, 0.2) is 0 Å². The fourth-order valence-electron chi connectivity index (χ4n) is 2.72. The molecular formula is C15H21N5OS. The van der Waals surface area contributed by atoms with Gasteiger partial charge in [0, 0.05) is 51.7 Å². The minimum Gasteiger partial charge on any atom is -0.336 e. The zero-order chi connectivity index (χ0) is 15.5. The van der Waals surface area contributed by atoms with Crippen LogP contribution in [0.15, 0.2) is 18.7 Å². The molecule has 0 N–H and O–H groups in total. The van der Waals surface area contributed by atoms with E-state index in [0.29, 0.717) is 0 Å². The topological polar surface area (TPSA) is 54.3 Å². The second-order valence-corrected chi connectivity index (χ2v) is 6.78. The molecule has 1 aliphatic rings. The first-order valence-electron chi connectivity index (χ1n) is 7.55. The van der Waals surface area contributed by atoms with Crippen molar-refractivity contribution in [3.05, 3.63) is 34.3 Å². The number of piperazine rings is 1. The van der Waals surface area contributed by atoms with Crippen molar-refractivity contribution >= 4 is 17.2 Å². The summed E-state index contributed by atoms with van der Waals surface area (Å²) in [7, 11) is 0. The zero-order valence-electron chi connectivity index (χ0n) is 13.0. The van der Waals surface area contributed by atoms with Crippen molar-refractivity contribution in [3.63, 3.8) is 0 Å². The second kappa shape index (κ2) is 6.58. The molecule has 2 aromatic heterocycles. The molecular weight excluding hydrogens is 298 g/mol. The summed E-state index contributed by atoms with van der Waals surface area (Å²) < 4.78 is 2.08. The van der Waals surface area contributed by atoms with Crippen LogP contribution in [0.3, 0.4) is 0 Å². The maximum absolute atomic E-state index is 12.6. The van der Waals surface area contributed by atoms with E-state index in [2.05, 4.69) is 19.4 Å². The first-order chi connectivity index (χ1) is 10.6. The third-order valence-corrected chi connectivity index (χ3v) is 5.05. The van der Waals surface area contributed by atoms with Gasteiger partial charge in [0.05, 0.1) is 17.0 Å². The Morgan fingerprint density at radius 2 is 2.00 bits per heavy atom. The normalized spacial score (nSPS) is 16.2. The van der Waals surface area contributed by atoms with E-state index >= 15 is 0 Å². The Labute approximate surface area is 134 Å². The van der Waals surface area contributed by atoms with Gasteiger partial charge in [-0.15, -0.1) is 11.3 Å². The lowest BCUT2D eigenvalue weighted by Crippen LogP contribution is -2.49. The quantitative estimate of drug-likeness (QED) is 0.855. The van der Waals surface area contributed by atoms with Gasteiger partial charge in [0.2, 0.25) is 0 Å². The minimum absolute atomic E-state index is 0.136. The summed E-state index contributed by atoms with van der Waals surface area (Å²) in [4.78, 5) is 26.1. The highest BCUT2D eigenvalue weighted by Crippen LogP contribution is 2.20. The Bertz CT molecular complexity index is 628. The Morgan fingerprint density at radius 3 is 2.59 bits per heavy atom. The lowest BCUT2D eigenvalue weighted by molar-refractivity contribution is 0.0637. The smallest absolute Gasteiger partial charge is 0.265 e. The molecule has 0 saturated carbocycles. The third kappa shape index (κ3) is 3.36. The molecule has 0 bridgehead atoms. The van der Waals surface area contributed by atoms with E-state index < -0.39 is 0 Å². The summed E-state index contributed by atoms with van der Waals surface area (Å²) in [6.45, 7) is 9.24. The van der Waals surface area contributed by atoms with Crippen molar-refractivity contribution in [3.8, 4) is 0 Å². The number of nitrogens with zero attached hydrogens (tertiary/aromatic N) is 5. The van der Waals surface area contributed by atoms with Crippen molar-refractivity contribution in [2.75, 3.05) is 32.7 Å². The fraction of sp³-hybridized carbons (Fsp3) is 0.533. The number of thiazole rings is 1. The molecule has 118 valence electrons. The Balaban J connectivity index is 1.51. The molecule has 7 heteroatoms. The molecule has 1 saturated heterocycles. The van der Waals surface area contributed by atoms with Gasteiger partial charge in [0.25, 0.3) is 5.91 Å². The van der Waals surface area contributed by atoms with Gasteiger partial charge in [0.1, 0.15) is 4.88 Å². The number of hydrogen-bond acceptors (Lipinski definition) is 5. The molecule has 0 radical (unpaired) electrons. The van der Waals surface area contributed by atoms with Gasteiger partial charge < -0.3 is 9.47 Å². The predicted molar refractivity (Wildman–Crippen MR) is 86.2 cm³/mol. The number of aryl methyl sites for hydroxylation is 2. The van der Waals surface area contributed by atoms with E-state index in [1.165, 1.54) is 11.3 Å². The first-order valence-corrected chi connectivity index (χ1v) is 8.36. The highest BCUT2D eigenvalue weighted by molar-refractivity contribution is 7.13. The summed E-state index contributed by atoms with van der Waals surface area (Å²) in [6.07, 6.45) is 5.62. The standard InChI is InChI=1S/C15H21N5OS/c1-12-14(22-13(2)17-12)15(21)20-9-7-18(8-10-20)5-6-19-4-3-16-11-19/h3-4,11H,5-10H2,1-2H3. The maximum atomic E-state index is 12.6. The summed E-state index contributed by atoms with van der Waals surface area (Å²) in [5, 5.41) is 0.958. The molecule has 0 atom stereocenters. The molecule has 3 rings (SSSR count). The average Bonchev–Trinajstić information content (AvgIpc) is 3.14. The van der Waals surface area contributed by atoms with Crippen LogP contribution in [0.5, 0.6) is 0 Å². The van der Waals surface area contributed by atoms with Crippen LogP contribution in [-0.2, 0) is 6.54 Å². The zero-order valence-corrected chi connectivity index (χ0v) is 13.8. The SMILES string of the molecule is Cc1nc(C)c(C(=O)N2CCN(CCn3ccnc3)CC2)s1. The number of carbonyl (C=O) groups is 1. The van der Waals surface area contributed by atoms with Crippen LogP contribution in [-0.4, -0.2) is 63.0 Å². The van der Waals surface area contributed by atoms with E-state index in [4.69, 9.17) is 0 Å². The van der Waals surface area contributed by atoms with E-state index in [0.717, 1.165) is 54.8 Å². The molecule has 0 aliphatic carbocycles. The molecule has 6 nitrogen and oxygen atoms in total. The van der Waals surface area contributed by atoms with Crippen LogP contribution in [0.25, 0.3) is 0 Å². The van der Waals surface area contributed by atoms with Crippen molar-refractivity contribution in [2.45, 2.75) is 20.4 Å². The van der Waals surface area contributed by atoms with Crippen LogP contribution in [0.4, 0.5) is 0 Å². The summed E-state index contributed by atoms with van der Waals surface area (Å²) in [5.41, 5.74) is 0.857. The van der Waals surface area contributed by atoms with Crippen molar-refractivity contribution in [2.24, 2.45) is 0 Å². The Kier molecular flexibility index (Phi) is 4.54. The number of aromatic nitrogens is 3. The van der Waals surface area contributed by atoms with E-state index in [9.17, 15) is 4.79 Å². The highest BCUT2D eigenvalue weighted by Gasteiger charge is 2.24. The first kappa shape index (κ1) is 15.2. The van der Waals surface area contributed by atoms with Gasteiger partial charge in [-0.1, -0.05) is 0 Å². The lowest BCUT2D eigenvalue weighted by atomic mass is 10.2. The summed E-state index contributed by atoms with van der Waals surface area (Å²) >= 11 is 1.50. The second-order valence-electron chi connectivity index (χ2n) is 5.58. The molecule has 22 heavy (non-hydrogen) atoms. The largest absolute Gasteiger partial charge is 0.336 e. The summed E-state index contributed by atoms with van der Waals surface area (Å²) in [5.74, 6) is 0.136. The molecule has 0 aromatic carbocycles. The molecule has 1 amide bonds. The van der Waals surface area contributed by atoms with Crippen molar-refractivity contribution < 1.29 is 4.79 Å². The van der Waals surface area contributed by atoms with Gasteiger partial charge in [-0.2, -0.15) is 0 Å². The number of rotatable bonds is 4. The van der Waals surface area contributed by atoms with Gasteiger partial charge in [-0.3, -0.25) is 9.69 Å². The fourth-order valence-corrected chi connectivity index (χ4v) is 3.61. The Morgan fingerprint density at radius 1 is 1.23 bits per heavy atom. The molecule has 2 aromatic rings. The van der Waals surface area contributed by atoms with Crippen LogP contribution in [0.2, 0.25) is 0 Å². The number of carbonyl (C=O) groups excluding carboxylic acids is 1. The monoisotopic (exact) mass is 319 g/mol. The van der Waals surface area contributed by atoms with E-state index in [1.807, 2.05) is 31.3 Å². The van der Waals surface area contributed by atoms with Gasteiger partial charge in [-0.25, -0.2) is 9.97 Å². The Hall–Kier alpha value is -1.73. The van der Waals surface area contributed by atoms with E-state index in [-0.39, 0.29) is 5.91 Å². The lowest BCUT2D eigenvalue weighted by Gasteiger charge is -2.34. The third-order valence-electron chi connectivity index (χ3n) is 3.99. The molecule has 1 aliphatic heterocycles.